The van der Waals surface area contributed by atoms with Crippen LogP contribution in [0.2, 0.25) is 0 Å². The fourth-order valence-corrected chi connectivity index (χ4v) is 7.88. The fourth-order valence-electron chi connectivity index (χ4n) is 7.88. The second kappa shape index (κ2) is 18.9. The van der Waals surface area contributed by atoms with E-state index in [1.807, 2.05) is 73.2 Å². The molecule has 0 unspecified atom stereocenters. The number of benzene rings is 7. The second-order valence-corrected chi connectivity index (χ2v) is 14.6. The molecule has 0 bridgehead atoms. The molecule has 0 N–H and O–H groups in total. The van der Waals surface area contributed by atoms with E-state index >= 15 is 0 Å². The Morgan fingerprint density at radius 2 is 0.532 bits per heavy atom. The zero-order valence-corrected chi connectivity index (χ0v) is 36.4. The Hall–Kier alpha value is -7.36. The van der Waals surface area contributed by atoms with Gasteiger partial charge >= 0.3 is 0 Å². The summed E-state index contributed by atoms with van der Waals surface area (Å²) in [7, 11) is 0. The van der Waals surface area contributed by atoms with E-state index in [4.69, 9.17) is 0 Å². The van der Waals surface area contributed by atoms with Crippen molar-refractivity contribution in [3.8, 4) is 101 Å². The third-order valence-electron chi connectivity index (χ3n) is 10.8. The summed E-state index contributed by atoms with van der Waals surface area (Å²) in [6.45, 7) is 0. The van der Waals surface area contributed by atoms with Gasteiger partial charge in [-0.25, -0.2) is 0 Å². The summed E-state index contributed by atoms with van der Waals surface area (Å²) in [5, 5.41) is 0. The van der Waals surface area contributed by atoms with Gasteiger partial charge in [0.05, 0.1) is 0 Å². The molecule has 0 spiro atoms. The molecule has 10 aromatic rings. The molecule has 0 aliphatic rings. The summed E-state index contributed by atoms with van der Waals surface area (Å²) in [5.74, 6) is 0. The summed E-state index contributed by atoms with van der Waals surface area (Å²) < 4.78 is 0. The van der Waals surface area contributed by atoms with Crippen molar-refractivity contribution in [3.05, 3.63) is 244 Å². The first-order chi connectivity index (χ1) is 29.7. The van der Waals surface area contributed by atoms with Crippen LogP contribution in [0.4, 0.5) is 0 Å². The third kappa shape index (κ3) is 8.62. The van der Waals surface area contributed by atoms with Crippen LogP contribution in [0.3, 0.4) is 0 Å². The maximum absolute atomic E-state index is 4.55. The van der Waals surface area contributed by atoms with E-state index < -0.39 is 0 Å². The number of aromatic nitrogens is 3. The molecule has 0 atom stereocenters. The molecular formula is C58H39IrN3-4. The molecule has 62 heavy (non-hydrogen) atoms. The first kappa shape index (κ1) is 41.4. The van der Waals surface area contributed by atoms with Gasteiger partial charge in [0, 0.05) is 38.7 Å². The van der Waals surface area contributed by atoms with E-state index in [1.165, 1.54) is 0 Å². The van der Waals surface area contributed by atoms with Gasteiger partial charge in [-0.1, -0.05) is 143 Å². The Bertz CT molecular complexity index is 2690. The maximum atomic E-state index is 4.55. The van der Waals surface area contributed by atoms with Crippen molar-refractivity contribution in [2.24, 2.45) is 0 Å². The van der Waals surface area contributed by atoms with E-state index in [1.54, 1.807) is 0 Å². The van der Waals surface area contributed by atoms with E-state index in [2.05, 4.69) is 179 Å². The Morgan fingerprint density at radius 1 is 0.274 bits per heavy atom. The Kier molecular flexibility index (Phi) is 12.6. The van der Waals surface area contributed by atoms with Crippen LogP contribution in [-0.2, 0) is 20.1 Å². The molecule has 0 aliphatic carbocycles. The van der Waals surface area contributed by atoms with Gasteiger partial charge in [-0.3, -0.25) is 0 Å². The zero-order valence-electron chi connectivity index (χ0n) is 34.0. The molecule has 7 aromatic carbocycles. The topological polar surface area (TPSA) is 38.7 Å². The number of nitrogens with zero attached hydrogens (tertiary/aromatic N) is 3. The maximum Gasteiger partial charge on any atom is 0.0160 e. The zero-order chi connectivity index (χ0) is 40.1. The summed E-state index contributed by atoms with van der Waals surface area (Å²) in [6, 6.07) is 80.4. The molecule has 1 radical (unpaired) electrons. The van der Waals surface area contributed by atoms with Gasteiger partial charge in [-0.05, 0) is 86.9 Å². The van der Waals surface area contributed by atoms with Crippen molar-refractivity contribution in [3.63, 3.8) is 0 Å². The molecule has 0 amide bonds. The van der Waals surface area contributed by atoms with Crippen LogP contribution in [-0.4, -0.2) is 15.0 Å². The van der Waals surface area contributed by atoms with Crippen LogP contribution < -0.4 is 0 Å². The Labute approximate surface area is 377 Å². The average molecular weight is 970 g/mol. The smallest absolute Gasteiger partial charge is 0.0160 e. The van der Waals surface area contributed by atoms with E-state index in [0.29, 0.717) is 0 Å². The number of hydrogen-bond acceptors (Lipinski definition) is 3. The van der Waals surface area contributed by atoms with E-state index in [9.17, 15) is 0 Å². The summed E-state index contributed by atoms with van der Waals surface area (Å²) >= 11 is 0. The van der Waals surface area contributed by atoms with Gasteiger partial charge in [-0.2, -0.15) is 0 Å². The molecule has 4 heteroatoms. The normalized spacial score (nSPS) is 10.6. The minimum atomic E-state index is 0. The summed E-state index contributed by atoms with van der Waals surface area (Å²) in [5.41, 5.74) is 19.0. The number of hydrogen-bond donors (Lipinski definition) is 0. The number of pyridine rings is 3. The van der Waals surface area contributed by atoms with Crippen LogP contribution in [0.25, 0.3) is 101 Å². The monoisotopic (exact) mass is 970 g/mol. The van der Waals surface area contributed by atoms with E-state index in [-0.39, 0.29) is 27.5 Å². The molecule has 0 saturated carbocycles. The van der Waals surface area contributed by atoms with Gasteiger partial charge in [0.1, 0.15) is 0 Å². The van der Waals surface area contributed by atoms with Gasteiger partial charge in [0.25, 0.3) is 0 Å². The minimum absolute atomic E-state index is 0. The van der Waals surface area contributed by atoms with Crippen LogP contribution >= 0.6 is 0 Å². The SMILES string of the molecule is [CH3-].[Ir].[c-]1cc(-c2ccccc2-c2cc(-c3ccccc3-c3c[c-]c(-c4ccccn4)cc3)cc(-c3ccccc3-c3c[c-]c(-c4ccccn4)cc3)c2)ccc1-c1ccccn1. The van der Waals surface area contributed by atoms with Crippen LogP contribution in [0.1, 0.15) is 0 Å². The first-order valence-electron chi connectivity index (χ1n) is 20.0. The third-order valence-corrected chi connectivity index (χ3v) is 10.8. The van der Waals surface area contributed by atoms with Gasteiger partial charge in [0.2, 0.25) is 0 Å². The molecule has 0 saturated heterocycles. The fraction of sp³-hybridized carbons (Fsp3) is 0. The van der Waals surface area contributed by atoms with Gasteiger partial charge in [-0.15, -0.1) is 89.5 Å². The first-order valence-corrected chi connectivity index (χ1v) is 20.0. The van der Waals surface area contributed by atoms with Crippen molar-refractivity contribution < 1.29 is 20.1 Å². The summed E-state index contributed by atoms with van der Waals surface area (Å²) in [4.78, 5) is 13.6. The molecule has 299 valence electrons. The predicted octanol–water partition coefficient (Wildman–Crippen LogP) is 14.7. The molecule has 0 aliphatic heterocycles. The van der Waals surface area contributed by atoms with Crippen molar-refractivity contribution in [2.45, 2.75) is 0 Å². The summed E-state index contributed by atoms with van der Waals surface area (Å²) in [6.07, 6.45) is 5.45. The van der Waals surface area contributed by atoms with Gasteiger partial charge in [0.15, 0.2) is 0 Å². The molecule has 3 nitrogen and oxygen atoms in total. The van der Waals surface area contributed by atoms with Crippen molar-refractivity contribution in [1.82, 2.24) is 15.0 Å². The predicted molar refractivity (Wildman–Crippen MR) is 252 cm³/mol. The van der Waals surface area contributed by atoms with Crippen molar-refractivity contribution in [1.29, 1.82) is 0 Å². The van der Waals surface area contributed by atoms with E-state index in [0.717, 1.165) is 101 Å². The van der Waals surface area contributed by atoms with Crippen LogP contribution in [0, 0.1) is 25.6 Å². The Balaban J connectivity index is 0.00000264. The molecule has 10 rings (SSSR count). The van der Waals surface area contributed by atoms with Crippen LogP contribution in [0.5, 0.6) is 0 Å². The average Bonchev–Trinajstić information content (AvgIpc) is 3.35. The van der Waals surface area contributed by atoms with Crippen molar-refractivity contribution in [2.75, 3.05) is 0 Å². The molecule has 3 aromatic heterocycles. The molecule has 3 heterocycles. The minimum Gasteiger partial charge on any atom is -0.358 e. The van der Waals surface area contributed by atoms with Crippen LogP contribution in [0.15, 0.2) is 219 Å². The number of rotatable bonds is 9. The second-order valence-electron chi connectivity index (χ2n) is 14.6. The standard InChI is InChI=1S/C57H36N3.CH3.Ir/c1-4-16-52(49(13-1)40-22-28-43(29-23-40)55-19-7-10-34-58-55)46-37-47(53-17-5-2-14-50(53)41-24-30-44(31-25-41)56-20-8-11-35-59-56)39-48(38-46)54-18-6-3-15-51(54)42-26-32-45(33-27-42)57-21-9-12-36-60-57;;/h1-28,30,32,34-39H;1H3;/q-3;-1;. The quantitative estimate of drug-likeness (QED) is 0.135. The molecular weight excluding hydrogens is 931 g/mol. The molecule has 0 fully saturated rings. The van der Waals surface area contributed by atoms with Crippen molar-refractivity contribution >= 4 is 0 Å². The Morgan fingerprint density at radius 3 is 0.758 bits per heavy atom. The van der Waals surface area contributed by atoms with Gasteiger partial charge < -0.3 is 22.4 Å². The largest absolute Gasteiger partial charge is 0.358 e.